The Morgan fingerprint density at radius 1 is 1.35 bits per heavy atom. The second kappa shape index (κ2) is 4.63. The van der Waals surface area contributed by atoms with E-state index in [-0.39, 0.29) is 0 Å². The van der Waals surface area contributed by atoms with Gasteiger partial charge in [-0.25, -0.2) is 15.0 Å². The molecular weight excluding hydrogens is 214 g/mol. The molecule has 0 saturated heterocycles. The number of nitrogens with two attached hydrogens (primary N) is 1. The predicted molar refractivity (Wildman–Crippen MR) is 66.2 cm³/mol. The average molecular weight is 231 g/mol. The van der Waals surface area contributed by atoms with Crippen molar-refractivity contribution in [3.63, 3.8) is 0 Å². The maximum atomic E-state index is 5.69. The van der Waals surface area contributed by atoms with Gasteiger partial charge >= 0.3 is 0 Å². The summed E-state index contributed by atoms with van der Waals surface area (Å²) in [6, 6.07) is 0. The zero-order valence-electron chi connectivity index (χ0n) is 10.4. The highest BCUT2D eigenvalue weighted by Crippen LogP contribution is 2.19. The summed E-state index contributed by atoms with van der Waals surface area (Å²) < 4.78 is 1.90. The number of hydrogen-bond donors (Lipinski definition) is 1. The number of hydrogen-bond acceptors (Lipinski definition) is 4. The van der Waals surface area contributed by atoms with Gasteiger partial charge in [0.15, 0.2) is 11.6 Å². The van der Waals surface area contributed by atoms with Crippen molar-refractivity contribution in [1.82, 2.24) is 19.5 Å². The maximum Gasteiger partial charge on any atom is 0.196 e. The molecule has 0 saturated carbocycles. The highest BCUT2D eigenvalue weighted by molar-refractivity contribution is 5.44. The first-order valence-electron chi connectivity index (χ1n) is 5.67. The molecule has 17 heavy (non-hydrogen) atoms. The second-order valence-corrected chi connectivity index (χ2v) is 4.32. The zero-order chi connectivity index (χ0) is 12.4. The van der Waals surface area contributed by atoms with Gasteiger partial charge in [-0.05, 0) is 5.92 Å². The maximum absolute atomic E-state index is 5.69. The normalized spacial score (nSPS) is 11.1. The van der Waals surface area contributed by atoms with E-state index in [0.717, 1.165) is 17.1 Å². The van der Waals surface area contributed by atoms with Gasteiger partial charge in [0.1, 0.15) is 0 Å². The Hall–Kier alpha value is -1.75. The van der Waals surface area contributed by atoms with Crippen LogP contribution in [0.5, 0.6) is 0 Å². The van der Waals surface area contributed by atoms with Gasteiger partial charge in [-0.3, -0.25) is 0 Å². The van der Waals surface area contributed by atoms with E-state index in [1.807, 2.05) is 17.8 Å². The van der Waals surface area contributed by atoms with Gasteiger partial charge in [0.2, 0.25) is 0 Å². The summed E-state index contributed by atoms with van der Waals surface area (Å²) in [5.74, 6) is 1.75. The molecule has 0 radical (unpaired) electrons. The summed E-state index contributed by atoms with van der Waals surface area (Å²) in [5, 5.41) is 0. The molecule has 0 atom stereocenters. The Labute approximate surface area is 101 Å². The van der Waals surface area contributed by atoms with Crippen molar-refractivity contribution in [2.24, 2.45) is 12.8 Å². The fraction of sp³-hybridized carbons (Fsp3) is 0.417. The van der Waals surface area contributed by atoms with Crippen LogP contribution in [0.3, 0.4) is 0 Å². The second-order valence-electron chi connectivity index (χ2n) is 4.32. The smallest absolute Gasteiger partial charge is 0.196 e. The van der Waals surface area contributed by atoms with Gasteiger partial charge < -0.3 is 10.3 Å². The Kier molecular flexibility index (Phi) is 3.19. The number of nitrogens with zero attached hydrogens (tertiary/aromatic N) is 4. The summed E-state index contributed by atoms with van der Waals surface area (Å²) in [6.45, 7) is 4.67. The van der Waals surface area contributed by atoms with Crippen molar-refractivity contribution in [3.8, 4) is 11.6 Å². The molecule has 0 aromatic carbocycles. The first kappa shape index (κ1) is 11.7. The SMILES string of the molecule is CC(C)c1nc(-c2nccn2C)ncc1CN. The Balaban J connectivity index is 2.51. The predicted octanol–water partition coefficient (Wildman–Crippen LogP) is 1.46. The highest BCUT2D eigenvalue weighted by atomic mass is 15.1. The molecule has 0 fully saturated rings. The van der Waals surface area contributed by atoms with Crippen LogP contribution in [-0.2, 0) is 13.6 Å². The lowest BCUT2D eigenvalue weighted by Crippen LogP contribution is -2.09. The molecule has 0 aliphatic carbocycles. The minimum Gasteiger partial charge on any atom is -0.331 e. The quantitative estimate of drug-likeness (QED) is 0.868. The van der Waals surface area contributed by atoms with Gasteiger partial charge in [0, 0.05) is 37.7 Å². The monoisotopic (exact) mass is 231 g/mol. The summed E-state index contributed by atoms with van der Waals surface area (Å²) in [6.07, 6.45) is 5.42. The molecule has 0 unspecified atom stereocenters. The largest absolute Gasteiger partial charge is 0.331 e. The molecule has 2 aromatic heterocycles. The average Bonchev–Trinajstić information content (AvgIpc) is 2.74. The van der Waals surface area contributed by atoms with Gasteiger partial charge in [-0.2, -0.15) is 0 Å². The van der Waals surface area contributed by atoms with Crippen LogP contribution < -0.4 is 5.73 Å². The van der Waals surface area contributed by atoms with E-state index >= 15 is 0 Å². The fourth-order valence-electron chi connectivity index (χ4n) is 1.77. The molecule has 0 spiro atoms. The van der Waals surface area contributed by atoms with Crippen molar-refractivity contribution in [2.45, 2.75) is 26.3 Å². The molecule has 2 rings (SSSR count). The number of imidazole rings is 1. The Morgan fingerprint density at radius 3 is 2.65 bits per heavy atom. The zero-order valence-corrected chi connectivity index (χ0v) is 10.4. The molecule has 5 nitrogen and oxygen atoms in total. The van der Waals surface area contributed by atoms with E-state index in [1.54, 1.807) is 12.4 Å². The van der Waals surface area contributed by atoms with Crippen molar-refractivity contribution < 1.29 is 0 Å². The van der Waals surface area contributed by atoms with Crippen LogP contribution in [0, 0.1) is 0 Å². The number of aryl methyl sites for hydroxylation is 1. The molecule has 0 aliphatic heterocycles. The minimum absolute atomic E-state index is 0.329. The molecule has 0 amide bonds. The lowest BCUT2D eigenvalue weighted by atomic mass is 10.1. The highest BCUT2D eigenvalue weighted by Gasteiger charge is 2.13. The van der Waals surface area contributed by atoms with Crippen LogP contribution >= 0.6 is 0 Å². The molecular formula is C12H17N5. The lowest BCUT2D eigenvalue weighted by Gasteiger charge is -2.11. The molecule has 0 aliphatic rings. The van der Waals surface area contributed by atoms with Crippen LogP contribution in [0.4, 0.5) is 0 Å². The number of rotatable bonds is 3. The van der Waals surface area contributed by atoms with Crippen LogP contribution in [0.2, 0.25) is 0 Å². The van der Waals surface area contributed by atoms with Crippen LogP contribution in [-0.4, -0.2) is 19.5 Å². The van der Waals surface area contributed by atoms with E-state index in [9.17, 15) is 0 Å². The van der Waals surface area contributed by atoms with Crippen molar-refractivity contribution >= 4 is 0 Å². The van der Waals surface area contributed by atoms with E-state index in [2.05, 4.69) is 28.8 Å². The third-order valence-corrected chi connectivity index (χ3v) is 2.69. The van der Waals surface area contributed by atoms with Gasteiger partial charge in [-0.1, -0.05) is 13.8 Å². The molecule has 5 heteroatoms. The fourth-order valence-corrected chi connectivity index (χ4v) is 1.77. The Bertz CT molecular complexity index is 515. The van der Waals surface area contributed by atoms with Crippen LogP contribution in [0.25, 0.3) is 11.6 Å². The minimum atomic E-state index is 0.329. The lowest BCUT2D eigenvalue weighted by molar-refractivity contribution is 0.781. The molecule has 2 heterocycles. The molecule has 0 bridgehead atoms. The van der Waals surface area contributed by atoms with Gasteiger partial charge in [0.05, 0.1) is 5.69 Å². The van der Waals surface area contributed by atoms with Crippen LogP contribution in [0.15, 0.2) is 18.6 Å². The van der Waals surface area contributed by atoms with Gasteiger partial charge in [0.25, 0.3) is 0 Å². The van der Waals surface area contributed by atoms with Gasteiger partial charge in [-0.15, -0.1) is 0 Å². The van der Waals surface area contributed by atoms with E-state index < -0.39 is 0 Å². The van der Waals surface area contributed by atoms with Crippen molar-refractivity contribution in [3.05, 3.63) is 29.8 Å². The van der Waals surface area contributed by atoms with E-state index in [4.69, 9.17) is 5.73 Å². The third-order valence-electron chi connectivity index (χ3n) is 2.69. The van der Waals surface area contributed by atoms with E-state index in [1.165, 1.54) is 0 Å². The summed E-state index contributed by atoms with van der Waals surface area (Å²) in [7, 11) is 1.93. The molecule has 2 N–H and O–H groups in total. The number of aromatic nitrogens is 4. The first-order valence-corrected chi connectivity index (χ1v) is 5.67. The van der Waals surface area contributed by atoms with Crippen LogP contribution in [0.1, 0.15) is 31.0 Å². The first-order chi connectivity index (χ1) is 8.13. The molecule has 2 aromatic rings. The van der Waals surface area contributed by atoms with E-state index in [0.29, 0.717) is 18.3 Å². The molecule has 90 valence electrons. The third kappa shape index (κ3) is 2.19. The summed E-state index contributed by atoms with van der Waals surface area (Å²) in [4.78, 5) is 13.1. The Morgan fingerprint density at radius 2 is 2.12 bits per heavy atom. The summed E-state index contributed by atoms with van der Waals surface area (Å²) in [5.41, 5.74) is 7.68. The van der Waals surface area contributed by atoms with Crippen molar-refractivity contribution in [1.29, 1.82) is 0 Å². The van der Waals surface area contributed by atoms with Crippen molar-refractivity contribution in [2.75, 3.05) is 0 Å². The topological polar surface area (TPSA) is 69.6 Å². The summed E-state index contributed by atoms with van der Waals surface area (Å²) >= 11 is 0. The standard InChI is InChI=1S/C12H17N5/c1-8(2)10-9(6-13)7-15-11(16-10)12-14-4-5-17(12)3/h4-5,7-8H,6,13H2,1-3H3.